The topological polar surface area (TPSA) is 97.7 Å². The first-order valence-electron chi connectivity index (χ1n) is 12.5. The van der Waals surface area contributed by atoms with E-state index in [9.17, 15) is 18.0 Å². The van der Waals surface area contributed by atoms with Crippen LogP contribution in [0.5, 0.6) is 5.75 Å². The molecule has 0 heterocycles. The number of rotatable bonds is 11. The third kappa shape index (κ3) is 6.75. The molecule has 1 atom stereocenters. The molecule has 0 fully saturated rings. The fourth-order valence-electron chi connectivity index (χ4n) is 4.98. The first-order chi connectivity index (χ1) is 16.6. The van der Waals surface area contributed by atoms with Crippen LogP contribution in [-0.4, -0.2) is 31.0 Å². The Morgan fingerprint density at radius 1 is 0.944 bits per heavy atom. The minimum Gasteiger partial charge on any atom is -0.480 e. The molecule has 0 amide bonds. The molecule has 0 aromatic heterocycles. The molecule has 198 valence electrons. The maximum Gasteiger partial charge on any atom is 0.322 e. The molecule has 1 N–H and O–H groups in total. The Morgan fingerprint density at radius 3 is 1.92 bits per heavy atom. The van der Waals surface area contributed by atoms with Crippen molar-refractivity contribution in [2.45, 2.75) is 80.1 Å². The van der Waals surface area contributed by atoms with Gasteiger partial charge in [-0.05, 0) is 67.0 Å². The highest BCUT2D eigenvalue weighted by Crippen LogP contribution is 2.41. The largest absolute Gasteiger partial charge is 0.480 e. The molecule has 2 aromatic rings. The van der Waals surface area contributed by atoms with Gasteiger partial charge in [0.25, 0.3) is 0 Å². The van der Waals surface area contributed by atoms with Gasteiger partial charge in [-0.2, -0.15) is 8.42 Å². The molecule has 0 saturated heterocycles. The minimum atomic E-state index is -4.23. The van der Waals surface area contributed by atoms with Gasteiger partial charge < -0.3 is 9.29 Å². The van der Waals surface area contributed by atoms with Gasteiger partial charge in [0, 0.05) is 16.7 Å². The number of carbonyl (C=O) groups excluding carboxylic acids is 1. The third-order valence-corrected chi connectivity index (χ3v) is 8.09. The monoisotopic (exact) mass is 516 g/mol. The lowest BCUT2D eigenvalue weighted by molar-refractivity contribution is -0.134. The van der Waals surface area contributed by atoms with Gasteiger partial charge in [-0.15, -0.1) is 0 Å². The predicted molar refractivity (Wildman–Crippen MR) is 143 cm³/mol. The van der Waals surface area contributed by atoms with E-state index < -0.39 is 21.8 Å². The van der Waals surface area contributed by atoms with E-state index in [-0.39, 0.29) is 28.3 Å². The number of hydrogen-bond acceptors (Lipinski definition) is 5. The molecule has 2 aromatic carbocycles. The number of carboxylic acids is 1. The minimum absolute atomic E-state index is 0.0655. The molecule has 6 nitrogen and oxygen atoms in total. The summed E-state index contributed by atoms with van der Waals surface area (Å²) < 4.78 is 29.1. The molecule has 0 aliphatic carbocycles. The van der Waals surface area contributed by atoms with Gasteiger partial charge in [0.1, 0.15) is 11.5 Å². The highest BCUT2D eigenvalue weighted by Gasteiger charge is 2.32. The van der Waals surface area contributed by atoms with Crippen LogP contribution in [0, 0.1) is 25.2 Å². The smallest absolute Gasteiger partial charge is 0.322 e. The maximum atomic E-state index is 12.7. The van der Waals surface area contributed by atoms with Crippen molar-refractivity contribution >= 4 is 21.9 Å². The van der Waals surface area contributed by atoms with E-state index in [0.29, 0.717) is 12.0 Å². The molecule has 2 rings (SSSR count). The molecule has 36 heavy (non-hydrogen) atoms. The molecule has 0 aliphatic heterocycles. The molecule has 0 saturated carbocycles. The van der Waals surface area contributed by atoms with Crippen molar-refractivity contribution in [1.29, 1.82) is 0 Å². The Balaban J connectivity index is 2.42. The van der Waals surface area contributed by atoms with E-state index in [4.69, 9.17) is 9.29 Å². The molecule has 0 bridgehead atoms. The van der Waals surface area contributed by atoms with Gasteiger partial charge in [-0.25, -0.2) is 0 Å². The Bertz CT molecular complexity index is 1220. The SMILES string of the molecule is CCC(CC)(c1ccc(CC(C)C(=O)C(C)(C)C)c(C)c1)c1ccc(OS(=O)(=O)CC(=O)O)c(C)c1. The summed E-state index contributed by atoms with van der Waals surface area (Å²) in [5.41, 5.74) is 4.46. The molecule has 1 unspecified atom stereocenters. The lowest BCUT2D eigenvalue weighted by Gasteiger charge is -2.34. The third-order valence-electron chi connectivity index (χ3n) is 7.06. The maximum absolute atomic E-state index is 12.7. The average Bonchev–Trinajstić information content (AvgIpc) is 2.76. The number of hydrogen-bond donors (Lipinski definition) is 1. The zero-order chi connectivity index (χ0) is 27.5. The lowest BCUT2D eigenvalue weighted by atomic mass is 9.69. The van der Waals surface area contributed by atoms with Crippen molar-refractivity contribution in [3.05, 3.63) is 64.2 Å². The second kappa shape index (κ2) is 11.2. The Morgan fingerprint density at radius 2 is 1.47 bits per heavy atom. The van der Waals surface area contributed by atoms with E-state index in [2.05, 4.69) is 39.0 Å². The van der Waals surface area contributed by atoms with E-state index in [1.54, 1.807) is 13.0 Å². The van der Waals surface area contributed by atoms with Gasteiger partial charge in [0.15, 0.2) is 5.75 Å². The number of carbonyl (C=O) groups is 2. The van der Waals surface area contributed by atoms with Crippen molar-refractivity contribution in [2.24, 2.45) is 11.3 Å². The quantitative estimate of drug-likeness (QED) is 0.368. The van der Waals surface area contributed by atoms with Crippen LogP contribution in [-0.2, 0) is 31.5 Å². The van der Waals surface area contributed by atoms with Gasteiger partial charge in [0.05, 0.1) is 0 Å². The van der Waals surface area contributed by atoms with Gasteiger partial charge in [-0.1, -0.05) is 71.9 Å². The second-order valence-electron chi connectivity index (χ2n) is 10.8. The molecular formula is C29H40O6S. The highest BCUT2D eigenvalue weighted by molar-refractivity contribution is 7.87. The summed E-state index contributed by atoms with van der Waals surface area (Å²) in [6, 6.07) is 11.9. The zero-order valence-electron chi connectivity index (χ0n) is 22.8. The first kappa shape index (κ1) is 29.6. The van der Waals surface area contributed by atoms with Crippen molar-refractivity contribution in [3.63, 3.8) is 0 Å². The second-order valence-corrected chi connectivity index (χ2v) is 12.4. The summed E-state index contributed by atoms with van der Waals surface area (Å²) in [6.07, 6.45) is 2.36. The molecule has 7 heteroatoms. The summed E-state index contributed by atoms with van der Waals surface area (Å²) in [6.45, 7) is 16.0. The Hall–Kier alpha value is -2.67. The Kier molecular flexibility index (Phi) is 9.16. The number of carboxylic acid groups (broad SMARTS) is 1. The van der Waals surface area contributed by atoms with E-state index >= 15 is 0 Å². The summed E-state index contributed by atoms with van der Waals surface area (Å²) in [5, 5.41) is 8.81. The van der Waals surface area contributed by atoms with Crippen LogP contribution in [0.3, 0.4) is 0 Å². The molecule has 0 radical (unpaired) electrons. The summed E-state index contributed by atoms with van der Waals surface area (Å²) in [5.74, 6) is -2.23. The van der Waals surface area contributed by atoms with Crippen molar-refractivity contribution in [3.8, 4) is 5.75 Å². The number of ketones is 1. The normalized spacial score (nSPS) is 13.3. The van der Waals surface area contributed by atoms with Crippen molar-refractivity contribution in [2.75, 3.05) is 5.75 Å². The molecule has 0 spiro atoms. The van der Waals surface area contributed by atoms with Crippen LogP contribution in [0.25, 0.3) is 0 Å². The van der Waals surface area contributed by atoms with E-state index in [0.717, 1.165) is 35.1 Å². The molecular weight excluding hydrogens is 476 g/mol. The van der Waals surface area contributed by atoms with Crippen LogP contribution in [0.1, 0.15) is 82.2 Å². The van der Waals surface area contributed by atoms with E-state index in [1.165, 1.54) is 0 Å². The van der Waals surface area contributed by atoms with Crippen LogP contribution in [0.2, 0.25) is 0 Å². The number of benzene rings is 2. The van der Waals surface area contributed by atoms with Crippen LogP contribution in [0.15, 0.2) is 36.4 Å². The standard InChI is InChI=1S/C29H40O6S/c1-9-29(10-2,24-13-14-25(20(4)17-24)35-36(33,34)18-26(30)31)23-12-11-22(19(3)16-23)15-21(5)27(32)28(6,7)8/h11-14,16-17,21H,9-10,15,18H2,1-8H3,(H,30,31). The zero-order valence-corrected chi connectivity index (χ0v) is 23.6. The summed E-state index contributed by atoms with van der Waals surface area (Å²) >= 11 is 0. The van der Waals surface area contributed by atoms with Crippen LogP contribution < -0.4 is 4.18 Å². The van der Waals surface area contributed by atoms with Crippen LogP contribution in [0.4, 0.5) is 0 Å². The summed E-state index contributed by atoms with van der Waals surface area (Å²) in [7, 11) is -4.23. The highest BCUT2D eigenvalue weighted by atomic mass is 32.2. The van der Waals surface area contributed by atoms with Crippen molar-refractivity contribution < 1.29 is 27.3 Å². The summed E-state index contributed by atoms with van der Waals surface area (Å²) in [4.78, 5) is 23.5. The van der Waals surface area contributed by atoms with Crippen LogP contribution >= 0.6 is 0 Å². The predicted octanol–water partition coefficient (Wildman–Crippen LogP) is 6.00. The average molecular weight is 517 g/mol. The lowest BCUT2D eigenvalue weighted by Crippen LogP contribution is -2.28. The number of aliphatic carboxylic acids is 1. The van der Waals surface area contributed by atoms with Crippen molar-refractivity contribution in [1.82, 2.24) is 0 Å². The van der Waals surface area contributed by atoms with Gasteiger partial charge in [-0.3, -0.25) is 9.59 Å². The van der Waals surface area contributed by atoms with Gasteiger partial charge >= 0.3 is 16.1 Å². The van der Waals surface area contributed by atoms with E-state index in [1.807, 2.05) is 39.8 Å². The number of Topliss-reactive ketones (excluding diaryl/α,β-unsaturated/α-hetero) is 1. The van der Waals surface area contributed by atoms with Gasteiger partial charge in [0.2, 0.25) is 0 Å². The molecule has 0 aliphatic rings. The first-order valence-corrected chi connectivity index (χ1v) is 14.0. The Labute approximate surface area is 216 Å². The fraction of sp³-hybridized carbons (Fsp3) is 0.517. The fourth-order valence-corrected chi connectivity index (χ4v) is 5.80. The number of aryl methyl sites for hydroxylation is 2.